The zero-order chi connectivity index (χ0) is 20.1. The standard InChI is InChI=1S/C19H19FN4O4/c20-15-7-3-2-6-14(15)19(26)22-21-18(25)13-8-9-16(17(12-13)24(27)28)23-10-4-1-5-11-23/h2-3,6-9,12H,1,4-5,10-11H2,(H,21,25)(H,22,26). The highest BCUT2D eigenvalue weighted by Crippen LogP contribution is 2.31. The van der Waals surface area contributed by atoms with Gasteiger partial charge in [-0.3, -0.25) is 30.6 Å². The molecule has 2 aromatic carbocycles. The molecule has 9 heteroatoms. The predicted molar refractivity (Wildman–Crippen MR) is 100 cm³/mol. The molecule has 0 unspecified atom stereocenters. The Kier molecular flexibility index (Phi) is 5.83. The number of anilines is 1. The molecule has 2 aromatic rings. The first-order valence-corrected chi connectivity index (χ1v) is 8.86. The second kappa shape index (κ2) is 8.47. The van der Waals surface area contributed by atoms with Crippen LogP contribution in [-0.2, 0) is 0 Å². The number of hydrogen-bond donors (Lipinski definition) is 2. The normalized spacial score (nSPS) is 13.7. The molecule has 1 fully saturated rings. The largest absolute Gasteiger partial charge is 0.366 e. The van der Waals surface area contributed by atoms with Crippen molar-refractivity contribution in [1.82, 2.24) is 10.9 Å². The zero-order valence-corrected chi connectivity index (χ0v) is 15.0. The Hall–Kier alpha value is -3.49. The number of halogens is 1. The molecule has 0 saturated carbocycles. The molecule has 1 saturated heterocycles. The Morgan fingerprint density at radius 1 is 1.00 bits per heavy atom. The van der Waals surface area contributed by atoms with Crippen molar-refractivity contribution >= 4 is 23.2 Å². The molecule has 146 valence electrons. The first kappa shape index (κ1) is 19.3. The van der Waals surface area contributed by atoms with E-state index in [1.807, 2.05) is 4.90 Å². The summed E-state index contributed by atoms with van der Waals surface area (Å²) in [5.41, 5.74) is 4.34. The minimum absolute atomic E-state index is 0.0151. The third kappa shape index (κ3) is 4.25. The topological polar surface area (TPSA) is 105 Å². The molecule has 8 nitrogen and oxygen atoms in total. The molecule has 0 spiro atoms. The van der Waals surface area contributed by atoms with Crippen LogP contribution in [0.5, 0.6) is 0 Å². The van der Waals surface area contributed by atoms with Crippen LogP contribution in [0.25, 0.3) is 0 Å². The summed E-state index contributed by atoms with van der Waals surface area (Å²) in [6.45, 7) is 1.45. The summed E-state index contributed by atoms with van der Waals surface area (Å²) in [5.74, 6) is -2.29. The van der Waals surface area contributed by atoms with Crippen molar-refractivity contribution in [1.29, 1.82) is 0 Å². The molecule has 0 atom stereocenters. The maximum absolute atomic E-state index is 13.6. The van der Waals surface area contributed by atoms with Crippen molar-refractivity contribution in [2.24, 2.45) is 0 Å². The predicted octanol–water partition coefficient (Wildman–Crippen LogP) is 2.80. The van der Waals surface area contributed by atoms with E-state index in [9.17, 15) is 24.1 Å². The average Bonchev–Trinajstić information content (AvgIpc) is 2.72. The number of nitro benzene ring substituents is 1. The number of rotatable bonds is 4. The Labute approximate surface area is 160 Å². The van der Waals surface area contributed by atoms with Crippen molar-refractivity contribution in [2.75, 3.05) is 18.0 Å². The molecule has 2 N–H and O–H groups in total. The average molecular weight is 386 g/mol. The lowest BCUT2D eigenvalue weighted by Crippen LogP contribution is -2.42. The van der Waals surface area contributed by atoms with Gasteiger partial charge in [0.15, 0.2) is 0 Å². The van der Waals surface area contributed by atoms with Crippen molar-refractivity contribution in [3.8, 4) is 0 Å². The summed E-state index contributed by atoms with van der Waals surface area (Å²) in [6, 6.07) is 9.50. The van der Waals surface area contributed by atoms with Crippen molar-refractivity contribution in [3.05, 3.63) is 69.5 Å². The molecule has 0 aromatic heterocycles. The number of benzene rings is 2. The fourth-order valence-electron chi connectivity index (χ4n) is 3.11. The number of nitro groups is 1. The number of nitrogens with one attached hydrogen (secondary N) is 2. The monoisotopic (exact) mass is 386 g/mol. The molecule has 0 aliphatic carbocycles. The zero-order valence-electron chi connectivity index (χ0n) is 15.0. The van der Waals surface area contributed by atoms with E-state index in [0.29, 0.717) is 5.69 Å². The van der Waals surface area contributed by atoms with Crippen LogP contribution in [0.4, 0.5) is 15.8 Å². The summed E-state index contributed by atoms with van der Waals surface area (Å²) in [4.78, 5) is 37.1. The van der Waals surface area contributed by atoms with Crippen LogP contribution in [0.3, 0.4) is 0 Å². The second-order valence-electron chi connectivity index (χ2n) is 6.40. The molecule has 0 bridgehead atoms. The van der Waals surface area contributed by atoms with Gasteiger partial charge in [0, 0.05) is 24.7 Å². The van der Waals surface area contributed by atoms with Crippen molar-refractivity contribution in [3.63, 3.8) is 0 Å². The minimum Gasteiger partial charge on any atom is -0.366 e. The van der Waals surface area contributed by atoms with Crippen LogP contribution in [0.2, 0.25) is 0 Å². The summed E-state index contributed by atoms with van der Waals surface area (Å²) in [6.07, 6.45) is 3.01. The fraction of sp³-hybridized carbons (Fsp3) is 0.263. The number of hydrogen-bond acceptors (Lipinski definition) is 5. The Bertz CT molecular complexity index is 913. The molecule has 1 heterocycles. The highest BCUT2D eigenvalue weighted by Gasteiger charge is 2.23. The number of nitrogens with zero attached hydrogens (tertiary/aromatic N) is 2. The van der Waals surface area contributed by atoms with E-state index in [1.54, 1.807) is 0 Å². The first-order valence-electron chi connectivity index (χ1n) is 8.86. The third-order valence-corrected chi connectivity index (χ3v) is 4.54. The van der Waals surface area contributed by atoms with Crippen LogP contribution >= 0.6 is 0 Å². The fourth-order valence-corrected chi connectivity index (χ4v) is 3.11. The number of amides is 2. The molecule has 1 aliphatic heterocycles. The highest BCUT2D eigenvalue weighted by molar-refractivity contribution is 5.99. The number of carbonyl (C=O) groups excluding carboxylic acids is 2. The van der Waals surface area contributed by atoms with Crippen molar-refractivity contribution < 1.29 is 18.9 Å². The number of carbonyl (C=O) groups is 2. The van der Waals surface area contributed by atoms with E-state index in [0.717, 1.165) is 38.4 Å². The van der Waals surface area contributed by atoms with Crippen LogP contribution in [0.15, 0.2) is 42.5 Å². The lowest BCUT2D eigenvalue weighted by Gasteiger charge is -2.28. The summed E-state index contributed by atoms with van der Waals surface area (Å²) >= 11 is 0. The van der Waals surface area contributed by atoms with Gasteiger partial charge in [0.25, 0.3) is 17.5 Å². The quantitative estimate of drug-likeness (QED) is 0.621. The van der Waals surface area contributed by atoms with Gasteiger partial charge in [-0.05, 0) is 43.5 Å². The van der Waals surface area contributed by atoms with Gasteiger partial charge in [-0.2, -0.15) is 0 Å². The van der Waals surface area contributed by atoms with Gasteiger partial charge < -0.3 is 4.90 Å². The maximum Gasteiger partial charge on any atom is 0.293 e. The first-order chi connectivity index (χ1) is 13.5. The van der Waals surface area contributed by atoms with Crippen LogP contribution in [-0.4, -0.2) is 29.8 Å². The van der Waals surface area contributed by atoms with Gasteiger partial charge in [-0.25, -0.2) is 4.39 Å². The lowest BCUT2D eigenvalue weighted by molar-refractivity contribution is -0.384. The maximum atomic E-state index is 13.6. The molecule has 0 radical (unpaired) electrons. The van der Waals surface area contributed by atoms with E-state index in [-0.39, 0.29) is 16.8 Å². The minimum atomic E-state index is -0.828. The van der Waals surface area contributed by atoms with Gasteiger partial charge >= 0.3 is 0 Å². The Morgan fingerprint density at radius 3 is 2.36 bits per heavy atom. The highest BCUT2D eigenvalue weighted by atomic mass is 19.1. The van der Waals surface area contributed by atoms with E-state index in [2.05, 4.69) is 10.9 Å². The summed E-state index contributed by atoms with van der Waals surface area (Å²) in [7, 11) is 0. The molecule has 2 amide bonds. The lowest BCUT2D eigenvalue weighted by atomic mass is 10.1. The molecule has 28 heavy (non-hydrogen) atoms. The number of piperidine rings is 1. The molecular formula is C19H19FN4O4. The molecular weight excluding hydrogens is 367 g/mol. The van der Waals surface area contributed by atoms with E-state index >= 15 is 0 Å². The summed E-state index contributed by atoms with van der Waals surface area (Å²) in [5, 5.41) is 11.5. The van der Waals surface area contributed by atoms with Gasteiger partial charge in [-0.15, -0.1) is 0 Å². The van der Waals surface area contributed by atoms with Crippen LogP contribution in [0.1, 0.15) is 40.0 Å². The van der Waals surface area contributed by atoms with Gasteiger partial charge in [0.2, 0.25) is 0 Å². The van der Waals surface area contributed by atoms with E-state index < -0.39 is 22.6 Å². The summed E-state index contributed by atoms with van der Waals surface area (Å²) < 4.78 is 13.6. The van der Waals surface area contributed by atoms with Gasteiger partial charge in [0.1, 0.15) is 11.5 Å². The van der Waals surface area contributed by atoms with E-state index in [1.165, 1.54) is 36.4 Å². The van der Waals surface area contributed by atoms with Crippen LogP contribution < -0.4 is 15.8 Å². The Balaban J connectivity index is 1.73. The third-order valence-electron chi connectivity index (χ3n) is 4.54. The Morgan fingerprint density at radius 2 is 1.68 bits per heavy atom. The smallest absolute Gasteiger partial charge is 0.293 e. The van der Waals surface area contributed by atoms with Crippen LogP contribution in [0, 0.1) is 15.9 Å². The van der Waals surface area contributed by atoms with Gasteiger partial charge in [0.05, 0.1) is 10.5 Å². The molecule has 3 rings (SSSR count). The van der Waals surface area contributed by atoms with E-state index in [4.69, 9.17) is 0 Å². The molecule has 1 aliphatic rings. The van der Waals surface area contributed by atoms with Crippen molar-refractivity contribution in [2.45, 2.75) is 19.3 Å². The second-order valence-corrected chi connectivity index (χ2v) is 6.40. The van der Waals surface area contributed by atoms with Gasteiger partial charge in [-0.1, -0.05) is 12.1 Å². The number of hydrazine groups is 1. The SMILES string of the molecule is O=C(NNC(=O)c1ccccc1F)c1ccc(N2CCCCC2)c([N+](=O)[O-])c1.